The second-order valence-corrected chi connectivity index (χ2v) is 6.44. The summed E-state index contributed by atoms with van der Waals surface area (Å²) in [5, 5.41) is 3.38. The molecule has 0 radical (unpaired) electrons. The maximum absolute atomic E-state index is 12.3. The highest BCUT2D eigenvalue weighted by molar-refractivity contribution is 6.31. The van der Waals surface area contributed by atoms with Crippen LogP contribution >= 0.6 is 11.6 Å². The number of hydrogen-bond donors (Lipinski definition) is 2. The molecule has 0 fully saturated rings. The van der Waals surface area contributed by atoms with Gasteiger partial charge in [-0.05, 0) is 48.6 Å². The molecule has 0 saturated heterocycles. The van der Waals surface area contributed by atoms with Gasteiger partial charge in [-0.25, -0.2) is 0 Å². The lowest BCUT2D eigenvalue weighted by atomic mass is 9.88. The Morgan fingerprint density at radius 1 is 1.24 bits per heavy atom. The molecule has 3 N–H and O–H groups in total. The first-order chi connectivity index (χ1) is 12.0. The molecule has 3 rings (SSSR count). The lowest BCUT2D eigenvalue weighted by Crippen LogP contribution is -2.34. The number of halogens is 1. The van der Waals surface area contributed by atoms with Gasteiger partial charge in [0.15, 0.2) is 6.61 Å². The van der Waals surface area contributed by atoms with Gasteiger partial charge >= 0.3 is 0 Å². The van der Waals surface area contributed by atoms with Gasteiger partial charge in [0.05, 0.1) is 11.6 Å². The van der Waals surface area contributed by atoms with Crippen LogP contribution in [0, 0.1) is 0 Å². The summed E-state index contributed by atoms with van der Waals surface area (Å²) in [4.78, 5) is 23.7. The van der Waals surface area contributed by atoms with Gasteiger partial charge in [-0.2, -0.15) is 0 Å². The van der Waals surface area contributed by atoms with E-state index in [1.165, 1.54) is 17.7 Å². The van der Waals surface area contributed by atoms with Crippen LogP contribution in [0.3, 0.4) is 0 Å². The molecule has 0 unspecified atom stereocenters. The van der Waals surface area contributed by atoms with Crippen LogP contribution in [0.15, 0.2) is 42.5 Å². The van der Waals surface area contributed by atoms with E-state index in [0.29, 0.717) is 5.02 Å². The molecule has 1 aliphatic carbocycles. The van der Waals surface area contributed by atoms with E-state index in [2.05, 4.69) is 11.4 Å². The van der Waals surface area contributed by atoms with Crippen LogP contribution in [0.2, 0.25) is 5.02 Å². The number of fused-ring (bicyclic) bond motifs is 1. The highest BCUT2D eigenvalue weighted by Crippen LogP contribution is 2.29. The van der Waals surface area contributed by atoms with Crippen LogP contribution in [-0.2, 0) is 11.2 Å². The van der Waals surface area contributed by atoms with Crippen LogP contribution in [0.25, 0.3) is 0 Å². The molecular weight excluding hydrogens is 340 g/mol. The number of ether oxygens (including phenoxy) is 1. The Morgan fingerprint density at radius 3 is 2.84 bits per heavy atom. The predicted molar refractivity (Wildman–Crippen MR) is 95.7 cm³/mol. The van der Waals surface area contributed by atoms with E-state index in [-0.39, 0.29) is 29.9 Å². The smallest absolute Gasteiger partial charge is 0.258 e. The summed E-state index contributed by atoms with van der Waals surface area (Å²) in [6, 6.07) is 12.7. The van der Waals surface area contributed by atoms with Crippen molar-refractivity contribution in [1.82, 2.24) is 5.32 Å². The van der Waals surface area contributed by atoms with Crippen molar-refractivity contribution in [3.05, 3.63) is 64.2 Å². The molecule has 0 bridgehead atoms. The maximum Gasteiger partial charge on any atom is 0.258 e. The minimum atomic E-state index is -0.654. The van der Waals surface area contributed by atoms with Gasteiger partial charge in [-0.15, -0.1) is 0 Å². The van der Waals surface area contributed by atoms with Gasteiger partial charge in [0.1, 0.15) is 5.75 Å². The van der Waals surface area contributed by atoms with Crippen molar-refractivity contribution >= 4 is 23.4 Å². The van der Waals surface area contributed by atoms with Crippen molar-refractivity contribution in [3.63, 3.8) is 0 Å². The molecule has 1 aliphatic rings. The Balaban J connectivity index is 1.64. The van der Waals surface area contributed by atoms with Gasteiger partial charge in [0.2, 0.25) is 0 Å². The van der Waals surface area contributed by atoms with Crippen LogP contribution in [0.4, 0.5) is 0 Å². The first kappa shape index (κ1) is 17.3. The number of nitrogens with one attached hydrogen (secondary N) is 1. The molecule has 1 atom stereocenters. The number of nitrogens with two attached hydrogens (primary N) is 1. The van der Waals surface area contributed by atoms with Gasteiger partial charge < -0.3 is 15.8 Å². The van der Waals surface area contributed by atoms with Gasteiger partial charge in [0.25, 0.3) is 11.8 Å². The number of carbonyl (C=O) groups excluding carboxylic acids is 2. The first-order valence-corrected chi connectivity index (χ1v) is 8.51. The summed E-state index contributed by atoms with van der Waals surface area (Å²) in [6.45, 7) is -0.194. The molecule has 2 amide bonds. The lowest BCUT2D eigenvalue weighted by molar-refractivity contribution is -0.124. The molecular formula is C19H19ClN2O3. The number of hydrogen-bond acceptors (Lipinski definition) is 3. The van der Waals surface area contributed by atoms with Crippen molar-refractivity contribution < 1.29 is 14.3 Å². The molecule has 2 aromatic rings. The van der Waals surface area contributed by atoms with E-state index in [9.17, 15) is 9.59 Å². The summed E-state index contributed by atoms with van der Waals surface area (Å²) in [7, 11) is 0. The highest BCUT2D eigenvalue weighted by Gasteiger charge is 2.21. The highest BCUT2D eigenvalue weighted by atomic mass is 35.5. The van der Waals surface area contributed by atoms with Gasteiger partial charge in [-0.1, -0.05) is 35.9 Å². The number of aryl methyl sites for hydroxylation is 1. The second kappa shape index (κ2) is 7.57. The van der Waals surface area contributed by atoms with E-state index in [1.54, 1.807) is 6.07 Å². The zero-order valence-electron chi connectivity index (χ0n) is 13.6. The van der Waals surface area contributed by atoms with E-state index < -0.39 is 5.91 Å². The van der Waals surface area contributed by atoms with E-state index >= 15 is 0 Å². The molecule has 130 valence electrons. The van der Waals surface area contributed by atoms with Crippen molar-refractivity contribution in [2.45, 2.75) is 25.3 Å². The Bertz CT molecular complexity index is 807. The molecule has 0 heterocycles. The number of carbonyl (C=O) groups is 2. The molecule has 2 aromatic carbocycles. The van der Waals surface area contributed by atoms with Gasteiger partial charge in [0, 0.05) is 5.02 Å². The zero-order valence-corrected chi connectivity index (χ0v) is 14.4. The minimum absolute atomic E-state index is 0.0121. The predicted octanol–water partition coefficient (Wildman–Crippen LogP) is 3.01. The number of rotatable bonds is 5. The van der Waals surface area contributed by atoms with Crippen molar-refractivity contribution in [1.29, 1.82) is 0 Å². The quantitative estimate of drug-likeness (QED) is 0.862. The fourth-order valence-electron chi connectivity index (χ4n) is 3.10. The van der Waals surface area contributed by atoms with Gasteiger partial charge in [-0.3, -0.25) is 9.59 Å². The maximum atomic E-state index is 12.3. The monoisotopic (exact) mass is 358 g/mol. The summed E-state index contributed by atoms with van der Waals surface area (Å²) in [5.41, 5.74) is 7.90. The average molecular weight is 359 g/mol. The number of amides is 2. The van der Waals surface area contributed by atoms with Crippen molar-refractivity contribution in [2.75, 3.05) is 6.61 Å². The lowest BCUT2D eigenvalue weighted by Gasteiger charge is -2.26. The normalized spacial score (nSPS) is 16.0. The third-order valence-corrected chi connectivity index (χ3v) is 4.51. The summed E-state index contributed by atoms with van der Waals surface area (Å²) in [5.74, 6) is -0.651. The molecule has 0 saturated carbocycles. The van der Waals surface area contributed by atoms with Crippen LogP contribution in [-0.4, -0.2) is 18.4 Å². The Kier molecular flexibility index (Phi) is 5.24. The second-order valence-electron chi connectivity index (χ2n) is 6.00. The first-order valence-electron chi connectivity index (χ1n) is 8.14. The third kappa shape index (κ3) is 4.12. The molecule has 5 nitrogen and oxygen atoms in total. The van der Waals surface area contributed by atoms with E-state index in [1.807, 2.05) is 18.2 Å². The fraction of sp³-hybridized carbons (Fsp3) is 0.263. The molecule has 0 aromatic heterocycles. The van der Waals surface area contributed by atoms with Crippen LogP contribution in [0.1, 0.15) is 40.4 Å². The molecule has 25 heavy (non-hydrogen) atoms. The largest absolute Gasteiger partial charge is 0.483 e. The minimum Gasteiger partial charge on any atom is -0.483 e. The Morgan fingerprint density at radius 2 is 2.04 bits per heavy atom. The third-order valence-electron chi connectivity index (χ3n) is 4.27. The van der Waals surface area contributed by atoms with Crippen LogP contribution < -0.4 is 15.8 Å². The Labute approximate surface area is 151 Å². The Hall–Kier alpha value is -2.53. The van der Waals surface area contributed by atoms with Crippen molar-refractivity contribution in [3.8, 4) is 5.75 Å². The summed E-state index contributed by atoms with van der Waals surface area (Å²) >= 11 is 5.86. The van der Waals surface area contributed by atoms with Crippen LogP contribution in [0.5, 0.6) is 5.75 Å². The number of benzene rings is 2. The van der Waals surface area contributed by atoms with E-state index in [0.717, 1.165) is 24.8 Å². The zero-order chi connectivity index (χ0) is 17.8. The molecule has 0 aliphatic heterocycles. The number of primary amides is 1. The van der Waals surface area contributed by atoms with Crippen molar-refractivity contribution in [2.24, 2.45) is 5.73 Å². The summed E-state index contributed by atoms with van der Waals surface area (Å²) < 4.78 is 5.47. The molecule has 0 spiro atoms. The SMILES string of the molecule is NC(=O)c1cc(Cl)ccc1OCC(=O)N[C@@H]1CCCc2ccccc21. The molecule has 6 heteroatoms. The van der Waals surface area contributed by atoms with E-state index in [4.69, 9.17) is 22.1 Å². The average Bonchev–Trinajstić information content (AvgIpc) is 2.61. The topological polar surface area (TPSA) is 81.4 Å². The summed E-state index contributed by atoms with van der Waals surface area (Å²) in [6.07, 6.45) is 2.97. The fourth-order valence-corrected chi connectivity index (χ4v) is 3.28. The standard InChI is InChI=1S/C19H19ClN2O3/c20-13-8-9-17(15(10-13)19(21)24)25-11-18(23)22-16-7-3-5-12-4-1-2-6-14(12)16/h1-2,4,6,8-10,16H,3,5,7,11H2,(H2,21,24)(H,22,23)/t16-/m1/s1.